The zero-order valence-electron chi connectivity index (χ0n) is 8.54. The SMILES string of the molecule is Clc1ccc(CNCc2ccco2)cc1Br. The predicted molar refractivity (Wildman–Crippen MR) is 68.4 cm³/mol. The monoisotopic (exact) mass is 299 g/mol. The van der Waals surface area contributed by atoms with Gasteiger partial charge in [0.05, 0.1) is 17.8 Å². The molecule has 1 aromatic heterocycles. The van der Waals surface area contributed by atoms with E-state index in [9.17, 15) is 0 Å². The second-order valence-electron chi connectivity index (χ2n) is 3.43. The van der Waals surface area contributed by atoms with E-state index in [-0.39, 0.29) is 0 Å². The first-order valence-corrected chi connectivity index (χ1v) is 6.10. The molecule has 1 aromatic carbocycles. The second-order valence-corrected chi connectivity index (χ2v) is 4.69. The summed E-state index contributed by atoms with van der Waals surface area (Å²) in [4.78, 5) is 0. The van der Waals surface area contributed by atoms with Gasteiger partial charge in [-0.2, -0.15) is 0 Å². The van der Waals surface area contributed by atoms with E-state index >= 15 is 0 Å². The third-order valence-corrected chi connectivity index (χ3v) is 3.41. The number of halogens is 2. The summed E-state index contributed by atoms with van der Waals surface area (Å²) in [5, 5.41) is 4.02. The minimum absolute atomic E-state index is 0.729. The molecule has 0 bridgehead atoms. The molecule has 0 saturated carbocycles. The van der Waals surface area contributed by atoms with Gasteiger partial charge in [-0.1, -0.05) is 17.7 Å². The van der Waals surface area contributed by atoms with E-state index in [0.29, 0.717) is 0 Å². The zero-order chi connectivity index (χ0) is 11.4. The first kappa shape index (κ1) is 11.7. The van der Waals surface area contributed by atoms with Crippen LogP contribution in [0.3, 0.4) is 0 Å². The molecule has 2 nitrogen and oxygen atoms in total. The molecular weight excluding hydrogens is 289 g/mol. The average molecular weight is 301 g/mol. The van der Waals surface area contributed by atoms with Gasteiger partial charge in [-0.3, -0.25) is 0 Å². The Morgan fingerprint density at radius 3 is 2.81 bits per heavy atom. The molecule has 0 aliphatic carbocycles. The van der Waals surface area contributed by atoms with Gasteiger partial charge in [-0.25, -0.2) is 0 Å². The molecule has 2 aromatic rings. The average Bonchev–Trinajstić information content (AvgIpc) is 2.76. The Morgan fingerprint density at radius 2 is 2.12 bits per heavy atom. The molecule has 0 aliphatic heterocycles. The van der Waals surface area contributed by atoms with Crippen molar-refractivity contribution in [3.05, 3.63) is 57.4 Å². The maximum Gasteiger partial charge on any atom is 0.117 e. The summed E-state index contributed by atoms with van der Waals surface area (Å²) in [6.07, 6.45) is 1.68. The molecule has 0 amide bonds. The molecule has 84 valence electrons. The molecule has 16 heavy (non-hydrogen) atoms. The molecule has 0 saturated heterocycles. The highest BCUT2D eigenvalue weighted by atomic mass is 79.9. The van der Waals surface area contributed by atoms with E-state index in [1.54, 1.807) is 6.26 Å². The van der Waals surface area contributed by atoms with Crippen LogP contribution in [0.1, 0.15) is 11.3 Å². The standard InChI is InChI=1S/C12H11BrClNO/c13-11-6-9(3-4-12(11)14)7-15-8-10-2-1-5-16-10/h1-6,15H,7-8H2. The quantitative estimate of drug-likeness (QED) is 0.924. The van der Waals surface area contributed by atoms with Crippen molar-refractivity contribution in [3.8, 4) is 0 Å². The Hall–Kier alpha value is -0.770. The maximum absolute atomic E-state index is 5.91. The lowest BCUT2D eigenvalue weighted by Crippen LogP contribution is -2.11. The van der Waals surface area contributed by atoms with E-state index in [4.69, 9.17) is 16.0 Å². The van der Waals surface area contributed by atoms with Gasteiger partial charge < -0.3 is 9.73 Å². The number of rotatable bonds is 4. The topological polar surface area (TPSA) is 25.2 Å². The summed E-state index contributed by atoms with van der Waals surface area (Å²) in [5.41, 5.74) is 1.18. The highest BCUT2D eigenvalue weighted by Crippen LogP contribution is 2.23. The fraction of sp³-hybridized carbons (Fsp3) is 0.167. The summed E-state index contributed by atoms with van der Waals surface area (Å²) in [7, 11) is 0. The van der Waals surface area contributed by atoms with Crippen LogP contribution in [0.2, 0.25) is 5.02 Å². The van der Waals surface area contributed by atoms with Crippen molar-refractivity contribution in [3.63, 3.8) is 0 Å². The van der Waals surface area contributed by atoms with Crippen molar-refractivity contribution in [2.45, 2.75) is 13.1 Å². The number of hydrogen-bond acceptors (Lipinski definition) is 2. The lowest BCUT2D eigenvalue weighted by molar-refractivity contribution is 0.483. The van der Waals surface area contributed by atoms with Crippen LogP contribution in [0.25, 0.3) is 0 Å². The van der Waals surface area contributed by atoms with Gasteiger partial charge in [0.1, 0.15) is 5.76 Å². The lowest BCUT2D eigenvalue weighted by atomic mass is 10.2. The molecule has 0 radical (unpaired) electrons. The highest BCUT2D eigenvalue weighted by molar-refractivity contribution is 9.10. The predicted octanol–water partition coefficient (Wildman–Crippen LogP) is 3.99. The minimum Gasteiger partial charge on any atom is -0.468 e. The molecule has 2 rings (SSSR count). The highest BCUT2D eigenvalue weighted by Gasteiger charge is 1.99. The summed E-state index contributed by atoms with van der Waals surface area (Å²) < 4.78 is 6.14. The van der Waals surface area contributed by atoms with Crippen molar-refractivity contribution in [2.75, 3.05) is 0 Å². The molecule has 0 unspecified atom stereocenters. The number of benzene rings is 1. The fourth-order valence-corrected chi connectivity index (χ4v) is 1.94. The molecule has 4 heteroatoms. The van der Waals surface area contributed by atoms with Gasteiger partial charge >= 0.3 is 0 Å². The summed E-state index contributed by atoms with van der Waals surface area (Å²) >= 11 is 9.31. The Morgan fingerprint density at radius 1 is 1.25 bits per heavy atom. The molecule has 1 heterocycles. The number of nitrogens with one attached hydrogen (secondary N) is 1. The zero-order valence-corrected chi connectivity index (χ0v) is 10.9. The first-order chi connectivity index (χ1) is 7.75. The smallest absolute Gasteiger partial charge is 0.117 e. The molecule has 0 aliphatic rings. The molecule has 0 atom stereocenters. The van der Waals surface area contributed by atoms with E-state index in [0.717, 1.165) is 28.3 Å². The van der Waals surface area contributed by atoms with E-state index in [2.05, 4.69) is 21.2 Å². The third kappa shape index (κ3) is 3.11. The van der Waals surface area contributed by atoms with Crippen molar-refractivity contribution >= 4 is 27.5 Å². The van der Waals surface area contributed by atoms with Crippen LogP contribution < -0.4 is 5.32 Å². The van der Waals surface area contributed by atoms with Crippen molar-refractivity contribution < 1.29 is 4.42 Å². The van der Waals surface area contributed by atoms with Gasteiger partial charge in [0, 0.05) is 11.0 Å². The normalized spacial score (nSPS) is 10.6. The Labute approximate surface area is 108 Å². The summed E-state index contributed by atoms with van der Waals surface area (Å²) in [6.45, 7) is 1.52. The van der Waals surface area contributed by atoms with Crippen LogP contribution >= 0.6 is 27.5 Å². The summed E-state index contributed by atoms with van der Waals surface area (Å²) in [5.74, 6) is 0.938. The van der Waals surface area contributed by atoms with Crippen LogP contribution in [-0.2, 0) is 13.1 Å². The minimum atomic E-state index is 0.729. The Bertz CT molecular complexity index is 456. The largest absolute Gasteiger partial charge is 0.468 e. The number of hydrogen-bond donors (Lipinski definition) is 1. The van der Waals surface area contributed by atoms with Crippen LogP contribution in [0.15, 0.2) is 45.5 Å². The second kappa shape index (κ2) is 5.53. The third-order valence-electron chi connectivity index (χ3n) is 2.19. The molecule has 0 fully saturated rings. The lowest BCUT2D eigenvalue weighted by Gasteiger charge is -2.04. The first-order valence-electron chi connectivity index (χ1n) is 4.93. The summed E-state index contributed by atoms with van der Waals surface area (Å²) in [6, 6.07) is 9.73. The van der Waals surface area contributed by atoms with Crippen LogP contribution in [0.4, 0.5) is 0 Å². The fourth-order valence-electron chi connectivity index (χ4n) is 1.39. The Balaban J connectivity index is 1.87. The van der Waals surface area contributed by atoms with Crippen molar-refractivity contribution in [2.24, 2.45) is 0 Å². The van der Waals surface area contributed by atoms with Crippen LogP contribution in [0.5, 0.6) is 0 Å². The number of furan rings is 1. The van der Waals surface area contributed by atoms with Gasteiger partial charge in [0.25, 0.3) is 0 Å². The van der Waals surface area contributed by atoms with E-state index < -0.39 is 0 Å². The van der Waals surface area contributed by atoms with Crippen molar-refractivity contribution in [1.82, 2.24) is 5.32 Å². The van der Waals surface area contributed by atoms with E-state index in [1.165, 1.54) is 5.56 Å². The Kier molecular flexibility index (Phi) is 4.04. The molecule has 1 N–H and O–H groups in total. The van der Waals surface area contributed by atoms with Gasteiger partial charge in [0.15, 0.2) is 0 Å². The van der Waals surface area contributed by atoms with Crippen molar-refractivity contribution in [1.29, 1.82) is 0 Å². The molecular formula is C12H11BrClNO. The van der Waals surface area contributed by atoms with Crippen LogP contribution in [0, 0.1) is 0 Å². The van der Waals surface area contributed by atoms with E-state index in [1.807, 2.05) is 30.3 Å². The van der Waals surface area contributed by atoms with Gasteiger partial charge in [0.2, 0.25) is 0 Å². The van der Waals surface area contributed by atoms with Gasteiger partial charge in [-0.15, -0.1) is 0 Å². The molecule has 0 spiro atoms. The van der Waals surface area contributed by atoms with Crippen LogP contribution in [-0.4, -0.2) is 0 Å². The maximum atomic E-state index is 5.91. The van der Waals surface area contributed by atoms with Gasteiger partial charge in [-0.05, 0) is 45.8 Å².